The van der Waals surface area contributed by atoms with Crippen LogP contribution >= 0.6 is 0 Å². The summed E-state index contributed by atoms with van der Waals surface area (Å²) in [6.45, 7) is 0.741. The molecule has 1 saturated heterocycles. The van der Waals surface area contributed by atoms with Crippen molar-refractivity contribution in [2.75, 3.05) is 26.2 Å². The number of hydrazine groups is 1. The molecule has 0 spiro atoms. The molecule has 1 aliphatic rings. The molecule has 0 atom stereocenters. The first kappa shape index (κ1) is 23.3. The summed E-state index contributed by atoms with van der Waals surface area (Å²) in [5.41, 5.74) is 4.62. The van der Waals surface area contributed by atoms with E-state index < -0.39 is 22.0 Å². The Hall–Kier alpha value is -3.90. The number of nitrogens with one attached hydrogen (secondary N) is 2. The average Bonchev–Trinajstić information content (AvgIpc) is 3.36. The van der Waals surface area contributed by atoms with Gasteiger partial charge in [-0.05, 0) is 36.4 Å². The number of pyridine rings is 1. The second kappa shape index (κ2) is 10.4. The number of furan rings is 1. The van der Waals surface area contributed by atoms with Crippen molar-refractivity contribution in [3.8, 4) is 5.75 Å². The number of hydrogen-bond donors (Lipinski definition) is 2. The molecule has 34 heavy (non-hydrogen) atoms. The molecule has 0 unspecified atom stereocenters. The fourth-order valence-corrected chi connectivity index (χ4v) is 4.67. The predicted molar refractivity (Wildman–Crippen MR) is 120 cm³/mol. The number of carbonyl (C=O) groups is 2. The van der Waals surface area contributed by atoms with Crippen molar-refractivity contribution in [1.82, 2.24) is 25.0 Å². The second-order valence-electron chi connectivity index (χ2n) is 7.33. The van der Waals surface area contributed by atoms with Crippen molar-refractivity contribution in [2.24, 2.45) is 0 Å². The predicted octanol–water partition coefficient (Wildman–Crippen LogP) is 1.61. The van der Waals surface area contributed by atoms with E-state index in [-0.39, 0.29) is 43.4 Å². The highest BCUT2D eigenvalue weighted by atomic mass is 32.2. The number of benzene rings is 1. The molecule has 3 amide bonds. The first-order chi connectivity index (χ1) is 16.4. The van der Waals surface area contributed by atoms with E-state index >= 15 is 0 Å². The molecule has 1 fully saturated rings. The third-order valence-corrected chi connectivity index (χ3v) is 6.97. The zero-order valence-electron chi connectivity index (χ0n) is 18.1. The van der Waals surface area contributed by atoms with E-state index in [1.54, 1.807) is 24.3 Å². The first-order valence-corrected chi connectivity index (χ1v) is 11.9. The monoisotopic (exact) mass is 485 g/mol. The lowest BCUT2D eigenvalue weighted by atomic mass is 10.3. The van der Waals surface area contributed by atoms with Gasteiger partial charge in [-0.2, -0.15) is 4.31 Å². The van der Waals surface area contributed by atoms with Gasteiger partial charge in [0.1, 0.15) is 23.0 Å². The topological polar surface area (TPSA) is 134 Å². The molecule has 3 aromatic rings. The van der Waals surface area contributed by atoms with Gasteiger partial charge in [-0.25, -0.2) is 18.6 Å². The Bertz CT molecular complexity index is 1220. The lowest BCUT2D eigenvalue weighted by molar-refractivity contribution is 0.0895. The summed E-state index contributed by atoms with van der Waals surface area (Å²) < 4.78 is 37.6. The van der Waals surface area contributed by atoms with Gasteiger partial charge in [0.25, 0.3) is 0 Å². The summed E-state index contributed by atoms with van der Waals surface area (Å²) in [5, 5.41) is 0. The van der Waals surface area contributed by atoms with Gasteiger partial charge in [-0.15, -0.1) is 0 Å². The summed E-state index contributed by atoms with van der Waals surface area (Å²) in [5.74, 6) is 0.508. The summed E-state index contributed by atoms with van der Waals surface area (Å²) in [6, 6.07) is 14.8. The lowest BCUT2D eigenvalue weighted by Gasteiger charge is -2.33. The number of amides is 3. The van der Waals surface area contributed by atoms with Gasteiger partial charge in [-0.1, -0.05) is 18.2 Å². The van der Waals surface area contributed by atoms with Gasteiger partial charge in [0.15, 0.2) is 5.76 Å². The summed E-state index contributed by atoms with van der Waals surface area (Å²) >= 11 is 0. The minimum Gasteiger partial charge on any atom is -0.486 e. The standard InChI is InChI=1S/C22H23N5O6S/c28-21(20-9-8-18(33-20)16-32-17-5-2-1-3-6-17)24-25-22(29)26-11-13-27(14-12-26)34(30,31)19-7-4-10-23-15-19/h1-10,15H,11-14,16H2,(H,24,28)(H,25,29). The lowest BCUT2D eigenvalue weighted by Crippen LogP contribution is -2.55. The van der Waals surface area contributed by atoms with Crippen LogP contribution in [0.1, 0.15) is 16.3 Å². The maximum absolute atomic E-state index is 12.7. The highest BCUT2D eigenvalue weighted by molar-refractivity contribution is 7.89. The molecule has 4 rings (SSSR count). The van der Waals surface area contributed by atoms with Crippen LogP contribution in [0.5, 0.6) is 5.75 Å². The number of nitrogens with zero attached hydrogens (tertiary/aromatic N) is 3. The number of urea groups is 1. The fraction of sp³-hybridized carbons (Fsp3) is 0.227. The molecular formula is C22H23N5O6S. The van der Waals surface area contributed by atoms with Crippen LogP contribution in [0.15, 0.2) is 76.3 Å². The molecule has 3 heterocycles. The Balaban J connectivity index is 1.23. The zero-order valence-corrected chi connectivity index (χ0v) is 18.9. The van der Waals surface area contributed by atoms with Crippen LogP contribution in [0.25, 0.3) is 0 Å². The quantitative estimate of drug-likeness (QED) is 0.507. The smallest absolute Gasteiger partial charge is 0.336 e. The maximum Gasteiger partial charge on any atom is 0.336 e. The average molecular weight is 486 g/mol. The van der Waals surface area contributed by atoms with E-state index in [4.69, 9.17) is 9.15 Å². The highest BCUT2D eigenvalue weighted by Crippen LogP contribution is 2.17. The Morgan fingerprint density at radius 1 is 0.971 bits per heavy atom. The van der Waals surface area contributed by atoms with Gasteiger partial charge in [0.05, 0.1) is 0 Å². The number of carbonyl (C=O) groups excluding carboxylic acids is 2. The van der Waals surface area contributed by atoms with Crippen LogP contribution in [0.3, 0.4) is 0 Å². The normalized spacial score (nSPS) is 14.4. The van der Waals surface area contributed by atoms with Gasteiger partial charge in [0.2, 0.25) is 10.0 Å². The number of sulfonamides is 1. The van der Waals surface area contributed by atoms with Crippen molar-refractivity contribution in [2.45, 2.75) is 11.5 Å². The van der Waals surface area contributed by atoms with Crippen molar-refractivity contribution in [3.05, 3.63) is 78.5 Å². The largest absolute Gasteiger partial charge is 0.486 e. The van der Waals surface area contributed by atoms with Crippen molar-refractivity contribution in [1.29, 1.82) is 0 Å². The van der Waals surface area contributed by atoms with Crippen molar-refractivity contribution in [3.63, 3.8) is 0 Å². The fourth-order valence-electron chi connectivity index (χ4n) is 3.28. The van der Waals surface area contributed by atoms with Gasteiger partial charge in [0, 0.05) is 38.6 Å². The molecule has 0 aliphatic carbocycles. The molecule has 12 heteroatoms. The van der Waals surface area contributed by atoms with Gasteiger partial charge in [-0.3, -0.25) is 15.2 Å². The highest BCUT2D eigenvalue weighted by Gasteiger charge is 2.30. The molecule has 0 bridgehead atoms. The summed E-state index contributed by atoms with van der Waals surface area (Å²) in [6.07, 6.45) is 2.79. The number of rotatable bonds is 6. The zero-order chi connectivity index (χ0) is 24.0. The molecule has 1 aliphatic heterocycles. The minimum atomic E-state index is -3.67. The summed E-state index contributed by atoms with van der Waals surface area (Å²) in [7, 11) is -3.67. The number of hydrogen-bond acceptors (Lipinski definition) is 7. The van der Waals surface area contributed by atoms with Gasteiger partial charge >= 0.3 is 11.9 Å². The molecular weight excluding hydrogens is 462 g/mol. The Morgan fingerprint density at radius 2 is 1.74 bits per heavy atom. The van der Waals surface area contributed by atoms with E-state index in [2.05, 4.69) is 15.8 Å². The minimum absolute atomic E-state index is 0.0133. The van der Waals surface area contributed by atoms with E-state index in [0.29, 0.717) is 11.5 Å². The van der Waals surface area contributed by atoms with E-state index in [1.165, 1.54) is 33.7 Å². The van der Waals surface area contributed by atoms with Crippen LogP contribution in [0.4, 0.5) is 4.79 Å². The van der Waals surface area contributed by atoms with Crippen LogP contribution in [0.2, 0.25) is 0 Å². The van der Waals surface area contributed by atoms with E-state index in [0.717, 1.165) is 0 Å². The SMILES string of the molecule is O=C(NNC(=O)N1CCN(S(=O)(=O)c2cccnc2)CC1)c1ccc(COc2ccccc2)o1. The third-order valence-electron chi connectivity index (χ3n) is 5.09. The number of aromatic nitrogens is 1. The van der Waals surface area contributed by atoms with Crippen molar-refractivity contribution >= 4 is 22.0 Å². The summed E-state index contributed by atoms with van der Waals surface area (Å²) in [4.78, 5) is 30.0. The molecule has 11 nitrogen and oxygen atoms in total. The molecule has 0 saturated carbocycles. The second-order valence-corrected chi connectivity index (χ2v) is 9.27. The Labute approximate surface area is 196 Å². The van der Waals surface area contributed by atoms with Crippen molar-refractivity contribution < 1.29 is 27.2 Å². The Morgan fingerprint density at radius 3 is 2.44 bits per heavy atom. The maximum atomic E-state index is 12.7. The molecule has 1 aromatic carbocycles. The molecule has 2 aromatic heterocycles. The molecule has 2 N–H and O–H groups in total. The third kappa shape index (κ3) is 5.53. The molecule has 178 valence electrons. The van der Waals surface area contributed by atoms with Crippen LogP contribution in [-0.2, 0) is 16.6 Å². The number of para-hydroxylation sites is 1. The molecule has 0 radical (unpaired) electrons. The van der Waals surface area contributed by atoms with E-state index in [9.17, 15) is 18.0 Å². The Kier molecular flexibility index (Phi) is 7.09. The van der Waals surface area contributed by atoms with E-state index in [1.807, 2.05) is 18.2 Å². The van der Waals surface area contributed by atoms with Crippen LogP contribution < -0.4 is 15.6 Å². The first-order valence-electron chi connectivity index (χ1n) is 10.5. The van der Waals surface area contributed by atoms with Crippen LogP contribution in [-0.4, -0.2) is 60.7 Å². The number of piperazine rings is 1. The van der Waals surface area contributed by atoms with Gasteiger partial charge < -0.3 is 14.1 Å². The van der Waals surface area contributed by atoms with Crippen LogP contribution in [0, 0.1) is 0 Å². The number of ether oxygens (including phenoxy) is 1.